The van der Waals surface area contributed by atoms with Gasteiger partial charge < -0.3 is 20.6 Å². The normalized spacial score (nSPS) is 11.6. The number of anilines is 2. The summed E-state index contributed by atoms with van der Waals surface area (Å²) in [6.07, 6.45) is 3.42. The van der Waals surface area contributed by atoms with Crippen LogP contribution in [0.4, 0.5) is 11.6 Å². The minimum Gasteiger partial charge on any atom is -0.382 e. The Morgan fingerprint density at radius 1 is 0.750 bits per heavy atom. The fraction of sp³-hybridized carbons (Fsp3) is 0.286. The summed E-state index contributed by atoms with van der Waals surface area (Å²) in [6, 6.07) is 0. The molecule has 4 rings (SSSR count). The average Bonchev–Trinajstić information content (AvgIpc) is 3.09. The third-order valence-corrected chi connectivity index (χ3v) is 3.79. The number of imidazole rings is 2. The van der Waals surface area contributed by atoms with Gasteiger partial charge in [-0.1, -0.05) is 0 Å². The van der Waals surface area contributed by atoms with Gasteiger partial charge >= 0.3 is 0 Å². The molecule has 0 bridgehead atoms. The minimum absolute atomic E-state index is 0.389. The van der Waals surface area contributed by atoms with Crippen LogP contribution in [0.2, 0.25) is 0 Å². The predicted molar refractivity (Wildman–Crippen MR) is 88.9 cm³/mol. The van der Waals surface area contributed by atoms with Gasteiger partial charge in [-0.2, -0.15) is 0 Å². The Morgan fingerprint density at radius 3 is 1.58 bits per heavy atom. The molecule has 0 unspecified atom stereocenters. The molecular formula is C14H16N10. The molecule has 0 aliphatic rings. The predicted octanol–water partition coefficient (Wildman–Crippen LogP) is 0.447. The number of rotatable bonds is 3. The molecule has 0 fully saturated rings. The fourth-order valence-corrected chi connectivity index (χ4v) is 2.70. The molecular weight excluding hydrogens is 308 g/mol. The van der Waals surface area contributed by atoms with E-state index < -0.39 is 0 Å². The van der Waals surface area contributed by atoms with E-state index in [9.17, 15) is 0 Å². The van der Waals surface area contributed by atoms with Gasteiger partial charge in [-0.15, -0.1) is 0 Å². The summed E-state index contributed by atoms with van der Waals surface area (Å²) in [5.41, 5.74) is 14.4. The quantitative estimate of drug-likeness (QED) is 0.553. The second-order valence-electron chi connectivity index (χ2n) is 5.53. The first kappa shape index (κ1) is 14.3. The van der Waals surface area contributed by atoms with Crippen LogP contribution in [-0.4, -0.2) is 39.0 Å². The van der Waals surface area contributed by atoms with E-state index in [-0.39, 0.29) is 0 Å². The Morgan fingerprint density at radius 2 is 1.17 bits per heavy atom. The third kappa shape index (κ3) is 2.19. The topological polar surface area (TPSA) is 139 Å². The highest BCUT2D eigenvalue weighted by molar-refractivity contribution is 5.82. The van der Waals surface area contributed by atoms with Crippen LogP contribution in [0.5, 0.6) is 0 Å². The van der Waals surface area contributed by atoms with Gasteiger partial charge in [-0.3, -0.25) is 0 Å². The van der Waals surface area contributed by atoms with Gasteiger partial charge in [-0.25, -0.2) is 29.9 Å². The number of hydrogen-bond acceptors (Lipinski definition) is 8. The van der Waals surface area contributed by atoms with Crippen molar-refractivity contribution in [1.29, 1.82) is 0 Å². The van der Waals surface area contributed by atoms with E-state index in [0.717, 1.165) is 11.3 Å². The lowest BCUT2D eigenvalue weighted by molar-refractivity contribution is 0.593. The molecule has 10 heteroatoms. The van der Waals surface area contributed by atoms with Crippen LogP contribution in [0.3, 0.4) is 0 Å². The first-order chi connectivity index (χ1) is 11.5. The molecule has 0 aromatic carbocycles. The lowest BCUT2D eigenvalue weighted by Gasteiger charge is -2.07. The lowest BCUT2D eigenvalue weighted by Crippen LogP contribution is -2.08. The number of aryl methyl sites for hydroxylation is 4. The molecule has 24 heavy (non-hydrogen) atoms. The van der Waals surface area contributed by atoms with Gasteiger partial charge in [-0.05, 0) is 13.8 Å². The molecule has 0 aliphatic carbocycles. The van der Waals surface area contributed by atoms with Crippen molar-refractivity contribution in [3.8, 4) is 0 Å². The van der Waals surface area contributed by atoms with Gasteiger partial charge in [0.2, 0.25) is 0 Å². The second-order valence-corrected chi connectivity index (χ2v) is 5.53. The van der Waals surface area contributed by atoms with Crippen molar-refractivity contribution in [2.24, 2.45) is 0 Å². The summed E-state index contributed by atoms with van der Waals surface area (Å²) in [4.78, 5) is 25.7. The van der Waals surface area contributed by atoms with Gasteiger partial charge in [0, 0.05) is 13.1 Å². The highest BCUT2D eigenvalue weighted by Gasteiger charge is 2.12. The van der Waals surface area contributed by atoms with E-state index >= 15 is 0 Å². The number of aromatic nitrogens is 8. The van der Waals surface area contributed by atoms with Gasteiger partial charge in [0.05, 0.1) is 12.7 Å². The van der Waals surface area contributed by atoms with E-state index in [1.54, 1.807) is 26.5 Å². The Kier molecular flexibility index (Phi) is 3.05. The molecule has 0 saturated heterocycles. The van der Waals surface area contributed by atoms with Crippen LogP contribution >= 0.6 is 0 Å². The fourth-order valence-electron chi connectivity index (χ4n) is 2.70. The maximum atomic E-state index is 5.90. The average molecular weight is 324 g/mol. The molecule has 0 saturated carbocycles. The SMILES string of the molecule is Cc1nc(N)c2ncn(CCn3cnc4c(N)nc(C)nc43)c2n1. The molecule has 0 spiro atoms. The summed E-state index contributed by atoms with van der Waals surface area (Å²) in [7, 11) is 0. The molecule has 0 radical (unpaired) electrons. The Labute approximate surface area is 136 Å². The number of fused-ring (bicyclic) bond motifs is 2. The third-order valence-electron chi connectivity index (χ3n) is 3.79. The van der Waals surface area contributed by atoms with Crippen LogP contribution in [0.25, 0.3) is 22.3 Å². The van der Waals surface area contributed by atoms with Crippen LogP contribution < -0.4 is 11.5 Å². The van der Waals surface area contributed by atoms with E-state index in [1.165, 1.54) is 0 Å². The zero-order chi connectivity index (χ0) is 16.8. The summed E-state index contributed by atoms with van der Waals surface area (Å²) in [5.74, 6) is 2.01. The van der Waals surface area contributed by atoms with Crippen molar-refractivity contribution >= 4 is 34.0 Å². The molecule has 0 aliphatic heterocycles. The van der Waals surface area contributed by atoms with E-state index in [2.05, 4.69) is 29.9 Å². The van der Waals surface area contributed by atoms with Gasteiger partial charge in [0.15, 0.2) is 22.9 Å². The Hall–Kier alpha value is -3.30. The molecule has 4 heterocycles. The van der Waals surface area contributed by atoms with Crippen molar-refractivity contribution < 1.29 is 0 Å². The summed E-state index contributed by atoms with van der Waals surface area (Å²) in [5, 5.41) is 0. The van der Waals surface area contributed by atoms with Crippen LogP contribution in [0, 0.1) is 13.8 Å². The van der Waals surface area contributed by atoms with E-state index in [1.807, 2.05) is 9.13 Å². The van der Waals surface area contributed by atoms with Crippen LogP contribution in [0.1, 0.15) is 11.6 Å². The largest absolute Gasteiger partial charge is 0.382 e. The van der Waals surface area contributed by atoms with E-state index in [0.29, 0.717) is 47.4 Å². The highest BCUT2D eigenvalue weighted by Crippen LogP contribution is 2.18. The zero-order valence-electron chi connectivity index (χ0n) is 13.3. The minimum atomic E-state index is 0.389. The van der Waals surface area contributed by atoms with E-state index in [4.69, 9.17) is 11.5 Å². The zero-order valence-corrected chi connectivity index (χ0v) is 13.3. The van der Waals surface area contributed by atoms with Crippen LogP contribution in [-0.2, 0) is 13.1 Å². The molecule has 4 aromatic heterocycles. The van der Waals surface area contributed by atoms with Gasteiger partial charge in [0.25, 0.3) is 0 Å². The Balaban J connectivity index is 1.69. The van der Waals surface area contributed by atoms with Crippen molar-refractivity contribution in [1.82, 2.24) is 39.0 Å². The van der Waals surface area contributed by atoms with Crippen molar-refractivity contribution in [2.75, 3.05) is 11.5 Å². The van der Waals surface area contributed by atoms with Gasteiger partial charge in [0.1, 0.15) is 22.7 Å². The first-order valence-electron chi connectivity index (χ1n) is 7.43. The summed E-state index contributed by atoms with van der Waals surface area (Å²) < 4.78 is 3.87. The maximum absolute atomic E-state index is 5.90. The maximum Gasteiger partial charge on any atom is 0.165 e. The molecule has 4 aromatic rings. The number of nitrogen functional groups attached to an aromatic ring is 2. The highest BCUT2D eigenvalue weighted by atomic mass is 15.2. The number of nitrogens with zero attached hydrogens (tertiary/aromatic N) is 8. The molecule has 0 atom stereocenters. The number of hydrogen-bond donors (Lipinski definition) is 2. The van der Waals surface area contributed by atoms with Crippen molar-refractivity contribution in [3.63, 3.8) is 0 Å². The standard InChI is InChI=1S/C14H16N10/c1-7-19-11(15)9-13(21-7)23(5-17-9)3-4-24-6-18-10-12(16)20-8(2)22-14(10)24/h5-6H,3-4H2,1-2H3,(H2,15,19,21)(H2,16,20,22). The van der Waals surface area contributed by atoms with Crippen LogP contribution in [0.15, 0.2) is 12.7 Å². The molecule has 0 amide bonds. The first-order valence-corrected chi connectivity index (χ1v) is 7.43. The monoisotopic (exact) mass is 324 g/mol. The lowest BCUT2D eigenvalue weighted by atomic mass is 10.4. The molecule has 122 valence electrons. The molecule has 4 N–H and O–H groups in total. The molecule has 10 nitrogen and oxygen atoms in total. The second kappa shape index (κ2) is 5.11. The van der Waals surface area contributed by atoms with Crippen molar-refractivity contribution in [3.05, 3.63) is 24.3 Å². The van der Waals surface area contributed by atoms with Crippen molar-refractivity contribution in [2.45, 2.75) is 26.9 Å². The summed E-state index contributed by atoms with van der Waals surface area (Å²) >= 11 is 0. The summed E-state index contributed by atoms with van der Waals surface area (Å²) in [6.45, 7) is 4.89. The number of nitrogens with two attached hydrogens (primary N) is 2. The smallest absolute Gasteiger partial charge is 0.165 e. The Bertz CT molecular complexity index is 974.